The van der Waals surface area contributed by atoms with Gasteiger partial charge in [0.25, 0.3) is 0 Å². The number of hydrogen-bond acceptors (Lipinski definition) is 6. The van der Waals surface area contributed by atoms with Crippen LogP contribution in [0.5, 0.6) is 0 Å². The summed E-state index contributed by atoms with van der Waals surface area (Å²) in [5.74, 6) is 2.18. The van der Waals surface area contributed by atoms with E-state index in [4.69, 9.17) is 28.8 Å². The maximum atomic E-state index is 6.66. The van der Waals surface area contributed by atoms with Crippen molar-refractivity contribution in [2.75, 3.05) is 0 Å². The molecule has 7 nitrogen and oxygen atoms in total. The third kappa shape index (κ3) is 4.38. The molecule has 51 heavy (non-hydrogen) atoms. The van der Waals surface area contributed by atoms with Gasteiger partial charge in [-0.1, -0.05) is 84.9 Å². The third-order valence-electron chi connectivity index (χ3n) is 9.93. The summed E-state index contributed by atoms with van der Waals surface area (Å²) in [4.78, 5) is 20.4. The molecule has 1 aliphatic rings. The van der Waals surface area contributed by atoms with E-state index in [0.717, 1.165) is 78.8 Å². The van der Waals surface area contributed by atoms with Crippen molar-refractivity contribution in [3.05, 3.63) is 145 Å². The molecule has 7 heteroatoms. The van der Waals surface area contributed by atoms with E-state index in [-0.39, 0.29) is 0 Å². The maximum Gasteiger partial charge on any atom is 0.238 e. The van der Waals surface area contributed by atoms with E-state index >= 15 is 0 Å². The fourth-order valence-electron chi connectivity index (χ4n) is 7.50. The normalized spacial score (nSPS) is 12.9. The zero-order chi connectivity index (χ0) is 33.5. The first-order valence-corrected chi connectivity index (χ1v) is 17.1. The average Bonchev–Trinajstić information content (AvgIpc) is 3.89. The molecule has 0 unspecified atom stereocenters. The topological polar surface area (TPSA) is 82.8 Å². The Bertz CT molecular complexity index is 3030. The Morgan fingerprint density at radius 2 is 1.29 bits per heavy atom. The van der Waals surface area contributed by atoms with Crippen LogP contribution in [0.1, 0.15) is 17.5 Å². The lowest BCUT2D eigenvalue weighted by molar-refractivity contribution is 0.621. The maximum absolute atomic E-state index is 6.66. The lowest BCUT2D eigenvalue weighted by atomic mass is 9.95. The summed E-state index contributed by atoms with van der Waals surface area (Å²) < 4.78 is 15.1. The second kappa shape index (κ2) is 10.8. The zero-order valence-electron chi connectivity index (χ0n) is 27.2. The molecule has 240 valence electrons. The van der Waals surface area contributed by atoms with E-state index < -0.39 is 0 Å². The fourth-order valence-corrected chi connectivity index (χ4v) is 7.50. The lowest BCUT2D eigenvalue weighted by Crippen LogP contribution is -2.07. The quantitative estimate of drug-likeness (QED) is 0.187. The minimum atomic E-state index is 0.494. The van der Waals surface area contributed by atoms with Crippen LogP contribution in [0.3, 0.4) is 0 Å². The van der Waals surface area contributed by atoms with Crippen LogP contribution in [-0.4, -0.2) is 24.5 Å². The van der Waals surface area contributed by atoms with Crippen molar-refractivity contribution in [2.24, 2.45) is 0 Å². The number of allylic oxidation sites excluding steroid dienone is 1. The number of furan rings is 1. The van der Waals surface area contributed by atoms with Gasteiger partial charge < -0.3 is 8.83 Å². The highest BCUT2D eigenvalue weighted by Crippen LogP contribution is 2.40. The predicted octanol–water partition coefficient (Wildman–Crippen LogP) is 11.0. The van der Waals surface area contributed by atoms with Gasteiger partial charge in [0.2, 0.25) is 11.8 Å². The van der Waals surface area contributed by atoms with Crippen molar-refractivity contribution in [2.45, 2.75) is 12.8 Å². The van der Waals surface area contributed by atoms with Crippen molar-refractivity contribution >= 4 is 60.9 Å². The number of hydrogen-bond donors (Lipinski definition) is 0. The van der Waals surface area contributed by atoms with Gasteiger partial charge in [0.1, 0.15) is 22.2 Å². The van der Waals surface area contributed by atoms with Crippen LogP contribution in [0.25, 0.3) is 101 Å². The number of rotatable bonds is 4. The summed E-state index contributed by atoms with van der Waals surface area (Å²) in [6.07, 6.45) is 6.48. The molecule has 0 N–H and O–H groups in total. The summed E-state index contributed by atoms with van der Waals surface area (Å²) in [6.45, 7) is 0. The van der Waals surface area contributed by atoms with Gasteiger partial charge >= 0.3 is 0 Å². The molecular weight excluding hydrogens is 631 g/mol. The molecule has 0 spiro atoms. The summed E-state index contributed by atoms with van der Waals surface area (Å²) in [6, 6.07) is 43.1. The van der Waals surface area contributed by atoms with Gasteiger partial charge in [-0.3, -0.25) is 4.57 Å². The number of para-hydroxylation sites is 1. The van der Waals surface area contributed by atoms with E-state index in [1.165, 1.54) is 11.1 Å². The molecule has 1 aliphatic carbocycles. The first-order valence-electron chi connectivity index (χ1n) is 17.1. The average molecular weight is 658 g/mol. The number of oxazole rings is 1. The smallest absolute Gasteiger partial charge is 0.238 e. The molecule has 0 saturated heterocycles. The molecule has 0 atom stereocenters. The largest absolute Gasteiger partial charge is 0.456 e. The van der Waals surface area contributed by atoms with Crippen molar-refractivity contribution in [1.82, 2.24) is 24.5 Å². The number of aryl methyl sites for hydroxylation is 1. The summed E-state index contributed by atoms with van der Waals surface area (Å²) in [5, 5.41) is 4.30. The molecule has 11 rings (SSSR count). The van der Waals surface area contributed by atoms with Crippen LogP contribution in [0.2, 0.25) is 0 Å². The SMILES string of the molecule is C1=Cc2cc3c(cc2CC1)c1ccc2nc(-c4ccccc4)oc2c1n3-c1nc(-c2ccccc2)nc(-c2ccc3c(c2)oc2ccccc23)n1. The van der Waals surface area contributed by atoms with Crippen molar-refractivity contribution < 1.29 is 8.83 Å². The summed E-state index contributed by atoms with van der Waals surface area (Å²) >= 11 is 0. The monoisotopic (exact) mass is 657 g/mol. The minimum Gasteiger partial charge on any atom is -0.456 e. The Balaban J connectivity index is 1.23. The first-order chi connectivity index (χ1) is 25.2. The van der Waals surface area contributed by atoms with E-state index in [2.05, 4.69) is 53.1 Å². The Kier molecular flexibility index (Phi) is 5.95. The second-order valence-corrected chi connectivity index (χ2v) is 13.0. The number of aromatic nitrogens is 5. The highest BCUT2D eigenvalue weighted by atomic mass is 16.3. The summed E-state index contributed by atoms with van der Waals surface area (Å²) in [7, 11) is 0. The molecular formula is C44H27N5O2. The third-order valence-corrected chi connectivity index (χ3v) is 9.93. The second-order valence-electron chi connectivity index (χ2n) is 13.0. The molecule has 0 saturated carbocycles. The highest BCUT2D eigenvalue weighted by molar-refractivity contribution is 6.17. The number of benzene rings is 6. The zero-order valence-corrected chi connectivity index (χ0v) is 27.2. The van der Waals surface area contributed by atoms with Gasteiger partial charge in [-0.2, -0.15) is 9.97 Å². The van der Waals surface area contributed by atoms with Gasteiger partial charge in [0.15, 0.2) is 17.2 Å². The number of nitrogens with zero attached hydrogens (tertiary/aromatic N) is 5. The van der Waals surface area contributed by atoms with Gasteiger partial charge in [-0.25, -0.2) is 9.97 Å². The van der Waals surface area contributed by atoms with E-state index in [1.54, 1.807) is 0 Å². The Hall–Kier alpha value is -6.86. The molecule has 4 heterocycles. The van der Waals surface area contributed by atoms with E-state index in [1.807, 2.05) is 91.0 Å². The van der Waals surface area contributed by atoms with E-state index in [0.29, 0.717) is 29.1 Å². The van der Waals surface area contributed by atoms with Crippen LogP contribution < -0.4 is 0 Å². The molecule has 0 bridgehead atoms. The Morgan fingerprint density at radius 1 is 0.549 bits per heavy atom. The standard InChI is InChI=1S/C44H27N5O2/c1-3-11-26(12-4-1)41-46-42(30-19-20-32-31-17-9-10-18-37(31)50-38(32)25-30)48-44(47-41)49-36-24-29-16-8-7-15-28(29)23-34(36)33-21-22-35-40(39(33)49)51-43(45-35)27-13-5-2-6-14-27/h1-6,8-14,16-25H,7,15H2. The predicted molar refractivity (Wildman–Crippen MR) is 203 cm³/mol. The Labute approximate surface area is 291 Å². The van der Waals surface area contributed by atoms with E-state index in [9.17, 15) is 0 Å². The van der Waals surface area contributed by atoms with Crippen LogP contribution >= 0.6 is 0 Å². The lowest BCUT2D eigenvalue weighted by Gasteiger charge is -2.13. The number of fused-ring (bicyclic) bond motifs is 9. The van der Waals surface area contributed by atoms with Crippen LogP contribution in [0.15, 0.2) is 142 Å². The highest BCUT2D eigenvalue weighted by Gasteiger charge is 2.24. The van der Waals surface area contributed by atoms with Gasteiger partial charge in [0.05, 0.1) is 5.52 Å². The molecule has 0 fully saturated rings. The molecule has 0 radical (unpaired) electrons. The van der Waals surface area contributed by atoms with Crippen molar-refractivity contribution in [3.63, 3.8) is 0 Å². The van der Waals surface area contributed by atoms with Gasteiger partial charge in [-0.05, 0) is 78.6 Å². The van der Waals surface area contributed by atoms with Gasteiger partial charge in [-0.15, -0.1) is 0 Å². The van der Waals surface area contributed by atoms with Crippen LogP contribution in [0, 0.1) is 0 Å². The molecule has 0 amide bonds. The minimum absolute atomic E-state index is 0.494. The fraction of sp³-hybridized carbons (Fsp3) is 0.0455. The first kappa shape index (κ1) is 28.0. The molecule has 0 aliphatic heterocycles. The molecule has 4 aromatic heterocycles. The summed E-state index contributed by atoms with van der Waals surface area (Å²) in [5.41, 5.74) is 10.1. The van der Waals surface area contributed by atoms with Crippen LogP contribution in [0.4, 0.5) is 0 Å². The van der Waals surface area contributed by atoms with Crippen molar-refractivity contribution in [1.29, 1.82) is 0 Å². The van der Waals surface area contributed by atoms with Crippen LogP contribution in [-0.2, 0) is 6.42 Å². The van der Waals surface area contributed by atoms with Crippen molar-refractivity contribution in [3.8, 4) is 40.2 Å². The molecule has 6 aromatic carbocycles. The van der Waals surface area contributed by atoms with Gasteiger partial charge in [0, 0.05) is 38.2 Å². The molecule has 10 aromatic rings. The Morgan fingerprint density at radius 3 is 2.16 bits per heavy atom.